The first-order valence-corrected chi connectivity index (χ1v) is 7.71. The smallest absolute Gasteiger partial charge is 0.143 e. The van der Waals surface area contributed by atoms with E-state index in [1.54, 1.807) is 0 Å². The number of benzene rings is 1. The van der Waals surface area contributed by atoms with Crippen molar-refractivity contribution in [3.05, 3.63) is 42.2 Å². The van der Waals surface area contributed by atoms with E-state index in [0.717, 1.165) is 32.7 Å². The van der Waals surface area contributed by atoms with Gasteiger partial charge in [0.05, 0.1) is 19.3 Å². The summed E-state index contributed by atoms with van der Waals surface area (Å²) in [6.07, 6.45) is 5.08. The zero-order chi connectivity index (χ0) is 14.7. The summed E-state index contributed by atoms with van der Waals surface area (Å²) in [6, 6.07) is 9.23. The Kier molecular flexibility index (Phi) is 4.30. The minimum absolute atomic E-state index is 0.317. The largest absolute Gasteiger partial charge is 0.378 e. The second kappa shape index (κ2) is 6.35. The monoisotopic (exact) mass is 283 g/mol. The van der Waals surface area contributed by atoms with Crippen molar-refractivity contribution in [2.24, 2.45) is 0 Å². The molecule has 1 aliphatic rings. The highest BCUT2D eigenvalue weighted by atomic mass is 16.5. The molecular weight excluding hydrogens is 261 g/mol. The lowest BCUT2D eigenvalue weighted by Gasteiger charge is -2.29. The number of anilines is 1. The Morgan fingerprint density at radius 3 is 2.52 bits per heavy atom. The summed E-state index contributed by atoms with van der Waals surface area (Å²) in [7, 11) is 2.08. The summed E-state index contributed by atoms with van der Waals surface area (Å²) in [5.74, 6) is 0. The van der Waals surface area contributed by atoms with Crippen LogP contribution in [0.4, 0.5) is 5.69 Å². The van der Waals surface area contributed by atoms with Crippen LogP contribution in [-0.4, -0.2) is 43.9 Å². The highest BCUT2D eigenvalue weighted by Crippen LogP contribution is 2.24. The zero-order valence-electron chi connectivity index (χ0n) is 12.8. The number of morpholine rings is 1. The number of aromatic nitrogens is 2. The second-order valence-corrected chi connectivity index (χ2v) is 5.61. The maximum Gasteiger partial charge on any atom is 0.143 e. The highest BCUT2D eigenvalue weighted by Gasteiger charge is 2.14. The van der Waals surface area contributed by atoms with Gasteiger partial charge >= 0.3 is 0 Å². The lowest BCUT2D eigenvalue weighted by Crippen LogP contribution is -2.36. The lowest BCUT2D eigenvalue weighted by atomic mass is 10.0. The molecule has 110 valence electrons. The molecule has 0 aliphatic carbocycles. The molecule has 4 nitrogen and oxygen atoms in total. The topological polar surface area (TPSA) is 30.3 Å². The van der Waals surface area contributed by atoms with E-state index in [-0.39, 0.29) is 0 Å². The molecule has 1 fully saturated rings. The van der Waals surface area contributed by atoms with Crippen LogP contribution >= 0.6 is 0 Å². The molecule has 0 saturated carbocycles. The van der Waals surface area contributed by atoms with Gasteiger partial charge < -0.3 is 9.64 Å². The molecule has 1 unspecified atom stereocenters. The van der Waals surface area contributed by atoms with Gasteiger partial charge in [0.1, 0.15) is 7.85 Å². The van der Waals surface area contributed by atoms with Gasteiger partial charge in [-0.1, -0.05) is 24.5 Å². The number of hydrogen-bond acceptors (Lipinski definition) is 3. The summed E-state index contributed by atoms with van der Waals surface area (Å²) in [5, 5.41) is 4.47. The predicted octanol–water partition coefficient (Wildman–Crippen LogP) is 0.977. The van der Waals surface area contributed by atoms with Crippen molar-refractivity contribution in [3.8, 4) is 0 Å². The molecule has 2 aromatic rings. The van der Waals surface area contributed by atoms with Crippen LogP contribution in [-0.2, 0) is 4.74 Å². The summed E-state index contributed by atoms with van der Waals surface area (Å²) in [5.41, 5.74) is 3.81. The lowest BCUT2D eigenvalue weighted by molar-refractivity contribution is 0.122. The normalized spacial score (nSPS) is 16.9. The molecule has 0 N–H and O–H groups in total. The maximum absolute atomic E-state index is 5.41. The van der Waals surface area contributed by atoms with E-state index >= 15 is 0 Å². The zero-order valence-corrected chi connectivity index (χ0v) is 12.8. The van der Waals surface area contributed by atoms with Crippen molar-refractivity contribution in [3.63, 3.8) is 0 Å². The average Bonchev–Trinajstić information content (AvgIpc) is 2.96. The minimum Gasteiger partial charge on any atom is -0.378 e. The molecule has 0 amide bonds. The van der Waals surface area contributed by atoms with Crippen molar-refractivity contribution in [2.75, 3.05) is 31.2 Å². The molecule has 1 atom stereocenters. The van der Waals surface area contributed by atoms with Crippen LogP contribution in [0.5, 0.6) is 0 Å². The Hall–Kier alpha value is -1.75. The van der Waals surface area contributed by atoms with E-state index in [0.29, 0.717) is 6.04 Å². The van der Waals surface area contributed by atoms with Gasteiger partial charge in [-0.3, -0.25) is 4.68 Å². The summed E-state index contributed by atoms with van der Waals surface area (Å²) in [4.78, 5) is 2.38. The summed E-state index contributed by atoms with van der Waals surface area (Å²) in [6.45, 7) is 5.82. The van der Waals surface area contributed by atoms with E-state index in [9.17, 15) is 0 Å². The molecule has 21 heavy (non-hydrogen) atoms. The number of hydrogen-bond donors (Lipinski definition) is 0. The quantitative estimate of drug-likeness (QED) is 0.784. The van der Waals surface area contributed by atoms with E-state index < -0.39 is 0 Å². The van der Waals surface area contributed by atoms with Crippen LogP contribution in [0.2, 0.25) is 0 Å². The van der Waals surface area contributed by atoms with Crippen LogP contribution in [0.3, 0.4) is 0 Å². The van der Waals surface area contributed by atoms with E-state index in [2.05, 4.69) is 59.9 Å². The van der Waals surface area contributed by atoms with Crippen LogP contribution in [0.1, 0.15) is 24.9 Å². The highest BCUT2D eigenvalue weighted by molar-refractivity contribution is 6.31. The van der Waals surface area contributed by atoms with Crippen molar-refractivity contribution in [1.82, 2.24) is 9.78 Å². The average molecular weight is 283 g/mol. The Bertz CT molecular complexity index is 575. The molecule has 0 bridgehead atoms. The van der Waals surface area contributed by atoms with Crippen LogP contribution in [0, 0.1) is 0 Å². The van der Waals surface area contributed by atoms with Gasteiger partial charge in [-0.15, -0.1) is 0 Å². The van der Waals surface area contributed by atoms with Crippen molar-refractivity contribution in [2.45, 2.75) is 19.4 Å². The van der Waals surface area contributed by atoms with Crippen molar-refractivity contribution in [1.29, 1.82) is 0 Å². The van der Waals surface area contributed by atoms with E-state index in [1.165, 1.54) is 16.7 Å². The van der Waals surface area contributed by atoms with Crippen LogP contribution in [0.25, 0.3) is 0 Å². The van der Waals surface area contributed by atoms with Crippen molar-refractivity contribution >= 4 is 19.0 Å². The standard InChI is InChI=1S/C16H22BN3O/c1-2-16(20-12-14(17)11-18-20)13-3-5-15(6-4-13)19-7-9-21-10-8-19/h3-6,11-12,16H,2,7-10,17H2,1H3. The molecular formula is C16H22BN3O. The Morgan fingerprint density at radius 2 is 1.95 bits per heavy atom. The Labute approximate surface area is 127 Å². The third kappa shape index (κ3) is 3.13. The molecule has 0 spiro atoms. The third-order valence-corrected chi connectivity index (χ3v) is 4.09. The fourth-order valence-corrected chi connectivity index (χ4v) is 2.91. The molecule has 2 heterocycles. The Morgan fingerprint density at radius 1 is 1.24 bits per heavy atom. The van der Waals surface area contributed by atoms with Crippen molar-refractivity contribution < 1.29 is 4.74 Å². The van der Waals surface area contributed by atoms with E-state index in [1.807, 2.05) is 6.20 Å². The van der Waals surface area contributed by atoms with Gasteiger partial charge in [-0.05, 0) is 24.1 Å². The molecule has 1 aromatic carbocycles. The molecule has 5 heteroatoms. The fourth-order valence-electron chi connectivity index (χ4n) is 2.91. The van der Waals surface area contributed by atoms with Gasteiger partial charge in [-0.2, -0.15) is 5.10 Å². The van der Waals surface area contributed by atoms with Gasteiger partial charge in [0.25, 0.3) is 0 Å². The first kappa shape index (κ1) is 14.2. The summed E-state index contributed by atoms with van der Waals surface area (Å²) < 4.78 is 7.48. The maximum atomic E-state index is 5.41. The van der Waals surface area contributed by atoms with Gasteiger partial charge in [0.15, 0.2) is 0 Å². The molecule has 1 aromatic heterocycles. The van der Waals surface area contributed by atoms with Crippen LogP contribution in [0.15, 0.2) is 36.7 Å². The minimum atomic E-state index is 0.317. The molecule has 1 aliphatic heterocycles. The van der Waals surface area contributed by atoms with Crippen LogP contribution < -0.4 is 10.4 Å². The number of nitrogens with zero attached hydrogens (tertiary/aromatic N) is 3. The Balaban J connectivity index is 1.78. The first-order chi connectivity index (χ1) is 10.3. The second-order valence-electron chi connectivity index (χ2n) is 5.61. The fraction of sp³-hybridized carbons (Fsp3) is 0.438. The molecule has 0 radical (unpaired) electrons. The molecule has 1 saturated heterocycles. The first-order valence-electron chi connectivity index (χ1n) is 7.71. The van der Waals surface area contributed by atoms with E-state index in [4.69, 9.17) is 4.74 Å². The number of rotatable bonds is 4. The molecule has 3 rings (SSSR count). The van der Waals surface area contributed by atoms with Gasteiger partial charge in [-0.25, -0.2) is 0 Å². The predicted molar refractivity (Wildman–Crippen MR) is 88.3 cm³/mol. The third-order valence-electron chi connectivity index (χ3n) is 4.09. The summed E-state index contributed by atoms with van der Waals surface area (Å²) >= 11 is 0. The SMILES string of the molecule is Bc1cnn(C(CC)c2ccc(N3CCOCC3)cc2)c1. The van der Waals surface area contributed by atoms with Gasteiger partial charge in [0.2, 0.25) is 0 Å². The number of ether oxygens (including phenoxy) is 1. The van der Waals surface area contributed by atoms with Gasteiger partial charge in [0, 0.05) is 31.2 Å².